The molecule has 0 unspecified atom stereocenters. The van der Waals surface area contributed by atoms with Gasteiger partial charge in [-0.15, -0.1) is 0 Å². The molecule has 1 aromatic rings. The Hall–Kier alpha value is -2.90. The molecule has 0 aromatic carbocycles. The van der Waals surface area contributed by atoms with Crippen molar-refractivity contribution in [1.82, 2.24) is 25.0 Å². The maximum atomic E-state index is 11.8. The molecule has 0 amide bonds. The zero-order chi connectivity index (χ0) is 15.0. The number of nitrogens with zero attached hydrogens (tertiary/aromatic N) is 3. The summed E-state index contributed by atoms with van der Waals surface area (Å²) in [4.78, 5) is 23.6. The van der Waals surface area contributed by atoms with E-state index in [2.05, 4.69) is 20.4 Å². The Labute approximate surface area is 119 Å². The van der Waals surface area contributed by atoms with E-state index in [-0.39, 0.29) is 11.1 Å². The highest BCUT2D eigenvalue weighted by atomic mass is 16.5. The summed E-state index contributed by atoms with van der Waals surface area (Å²) in [6.45, 7) is 2.38. The van der Waals surface area contributed by atoms with Crippen molar-refractivity contribution in [2.75, 3.05) is 7.11 Å². The number of H-pyrrole nitrogens is 2. The second-order valence-corrected chi connectivity index (χ2v) is 4.67. The summed E-state index contributed by atoms with van der Waals surface area (Å²) in [6.07, 6.45) is 4.97. The quantitative estimate of drug-likeness (QED) is 0.684. The first-order valence-electron chi connectivity index (χ1n) is 6.25. The molecule has 2 N–H and O–H groups in total. The Morgan fingerprint density at radius 1 is 1.38 bits per heavy atom. The van der Waals surface area contributed by atoms with E-state index < -0.39 is 5.97 Å². The van der Waals surface area contributed by atoms with E-state index in [0.29, 0.717) is 17.8 Å². The minimum atomic E-state index is -0.537. The molecule has 108 valence electrons. The molecule has 8 nitrogen and oxygen atoms in total. The molecule has 21 heavy (non-hydrogen) atoms. The van der Waals surface area contributed by atoms with Gasteiger partial charge in [0.1, 0.15) is 11.3 Å². The number of ether oxygens (including phenoxy) is 1. The topological polar surface area (TPSA) is 106 Å². The van der Waals surface area contributed by atoms with E-state index in [1.54, 1.807) is 23.2 Å². The summed E-state index contributed by atoms with van der Waals surface area (Å²) in [5.74, 6) is -0.537. The number of hydrogen-bond donors (Lipinski definition) is 2. The van der Waals surface area contributed by atoms with Crippen LogP contribution in [0.5, 0.6) is 0 Å². The second kappa shape index (κ2) is 4.89. The zero-order valence-corrected chi connectivity index (χ0v) is 11.5. The number of aromatic amines is 2. The van der Waals surface area contributed by atoms with Gasteiger partial charge in [0, 0.05) is 23.7 Å². The van der Waals surface area contributed by atoms with Crippen LogP contribution in [0.4, 0.5) is 0 Å². The van der Waals surface area contributed by atoms with Crippen LogP contribution in [0.15, 0.2) is 23.4 Å². The molecular formula is C13H13N5O3. The molecule has 3 heterocycles. The Bertz CT molecular complexity index is 829. The zero-order valence-electron chi connectivity index (χ0n) is 11.5. The van der Waals surface area contributed by atoms with Crippen molar-refractivity contribution in [2.45, 2.75) is 13.5 Å². The number of rotatable bonds is 3. The van der Waals surface area contributed by atoms with E-state index in [0.717, 1.165) is 11.3 Å². The van der Waals surface area contributed by atoms with Crippen molar-refractivity contribution in [3.8, 4) is 11.3 Å². The first-order chi connectivity index (χ1) is 10.1. The lowest BCUT2D eigenvalue weighted by atomic mass is 10.1. The summed E-state index contributed by atoms with van der Waals surface area (Å²) >= 11 is 0. The van der Waals surface area contributed by atoms with Crippen molar-refractivity contribution in [3.05, 3.63) is 45.8 Å². The van der Waals surface area contributed by atoms with Gasteiger partial charge in [-0.05, 0) is 6.92 Å². The Kier molecular flexibility index (Phi) is 3.05. The number of esters is 1. The molecule has 0 atom stereocenters. The molecule has 0 radical (unpaired) electrons. The molecule has 0 bridgehead atoms. The van der Waals surface area contributed by atoms with Gasteiger partial charge in [0.25, 0.3) is 5.56 Å². The van der Waals surface area contributed by atoms with Crippen LogP contribution in [0.1, 0.15) is 21.6 Å². The van der Waals surface area contributed by atoms with Crippen LogP contribution in [0.2, 0.25) is 0 Å². The van der Waals surface area contributed by atoms with E-state index in [4.69, 9.17) is 4.74 Å². The van der Waals surface area contributed by atoms with Gasteiger partial charge in [0.15, 0.2) is 0 Å². The van der Waals surface area contributed by atoms with Crippen LogP contribution in [-0.4, -0.2) is 38.0 Å². The smallest absolute Gasteiger partial charge is 0.341 e. The number of nitrogens with one attached hydrogen (secondary N) is 2. The number of aryl methyl sites for hydroxylation is 1. The maximum Gasteiger partial charge on any atom is 0.341 e. The van der Waals surface area contributed by atoms with Gasteiger partial charge in [-0.25, -0.2) is 9.89 Å². The van der Waals surface area contributed by atoms with Crippen molar-refractivity contribution in [3.63, 3.8) is 0 Å². The minimum Gasteiger partial charge on any atom is -0.465 e. The summed E-state index contributed by atoms with van der Waals surface area (Å²) in [5.41, 5.74) is 2.46. The van der Waals surface area contributed by atoms with Crippen molar-refractivity contribution < 1.29 is 9.53 Å². The molecule has 0 fully saturated rings. The molecule has 1 aromatic heterocycles. The van der Waals surface area contributed by atoms with Gasteiger partial charge in [-0.2, -0.15) is 10.2 Å². The molecule has 0 aliphatic carbocycles. The lowest BCUT2D eigenvalue weighted by Crippen LogP contribution is -2.12. The number of carbonyl (C=O) groups excluding carboxylic acids is 1. The predicted octanol–water partition coefficient (Wildman–Crippen LogP) is 0.543. The van der Waals surface area contributed by atoms with Crippen LogP contribution in [0.3, 0.4) is 0 Å². The van der Waals surface area contributed by atoms with Gasteiger partial charge in [0.2, 0.25) is 0 Å². The monoisotopic (exact) mass is 287 g/mol. The van der Waals surface area contributed by atoms with Gasteiger partial charge in [-0.1, -0.05) is 0 Å². The first-order valence-corrected chi connectivity index (χ1v) is 6.25. The van der Waals surface area contributed by atoms with Gasteiger partial charge in [-0.3, -0.25) is 9.89 Å². The molecule has 0 saturated heterocycles. The van der Waals surface area contributed by atoms with Gasteiger partial charge < -0.3 is 9.30 Å². The molecule has 2 aliphatic rings. The van der Waals surface area contributed by atoms with E-state index in [1.807, 2.05) is 6.92 Å². The third kappa shape index (κ3) is 2.20. The minimum absolute atomic E-state index is 0.245. The van der Waals surface area contributed by atoms with E-state index in [9.17, 15) is 9.59 Å². The van der Waals surface area contributed by atoms with Crippen LogP contribution < -0.4 is 5.56 Å². The highest BCUT2D eigenvalue weighted by Gasteiger charge is 2.21. The van der Waals surface area contributed by atoms with Gasteiger partial charge in [0.05, 0.1) is 25.4 Å². The fourth-order valence-corrected chi connectivity index (χ4v) is 2.17. The van der Waals surface area contributed by atoms with Crippen molar-refractivity contribution in [1.29, 1.82) is 0 Å². The number of pyridine rings is 1. The molecule has 0 saturated carbocycles. The Morgan fingerprint density at radius 3 is 2.86 bits per heavy atom. The van der Waals surface area contributed by atoms with Crippen LogP contribution in [0.25, 0.3) is 11.3 Å². The number of hydrogen-bond acceptors (Lipinski definition) is 5. The summed E-state index contributed by atoms with van der Waals surface area (Å²) in [7, 11) is 1.29. The SMILES string of the molecule is COC(=O)c1cn(Cc2cn[nH]c2C)cc2c(=O)[nH]nc1-2. The fraction of sp³-hybridized carbons (Fsp3) is 0.231. The standard InChI is InChI=1S/C13H13N5O3/c1-7-8(3-14-15-7)4-18-5-9-11(16-17-12(9)19)10(6-18)13(20)21-2/h3,5-6H,4H2,1-2H3,(H,14,15)(H,17,19). The number of fused-ring (bicyclic) bond motifs is 1. The number of methoxy groups -OCH3 is 1. The van der Waals surface area contributed by atoms with Gasteiger partial charge >= 0.3 is 5.97 Å². The Balaban J connectivity index is 2.12. The molecule has 2 aliphatic heterocycles. The van der Waals surface area contributed by atoms with Crippen molar-refractivity contribution >= 4 is 5.97 Å². The second-order valence-electron chi connectivity index (χ2n) is 4.67. The summed E-state index contributed by atoms with van der Waals surface area (Å²) in [6, 6.07) is 0. The average Bonchev–Trinajstić information content (AvgIpc) is 3.05. The highest BCUT2D eigenvalue weighted by molar-refractivity contribution is 5.95. The van der Waals surface area contributed by atoms with Crippen LogP contribution >= 0.6 is 0 Å². The maximum absolute atomic E-state index is 11.8. The molecule has 8 heteroatoms. The number of carbonyl (C=O) groups is 1. The highest BCUT2D eigenvalue weighted by Crippen LogP contribution is 2.21. The van der Waals surface area contributed by atoms with Crippen molar-refractivity contribution in [2.24, 2.45) is 0 Å². The van der Waals surface area contributed by atoms with Crippen LogP contribution in [0, 0.1) is 6.92 Å². The fourth-order valence-electron chi connectivity index (χ4n) is 2.17. The molecule has 3 rings (SSSR count). The third-order valence-corrected chi connectivity index (χ3v) is 3.31. The normalized spacial score (nSPS) is 11.0. The predicted molar refractivity (Wildman–Crippen MR) is 73.2 cm³/mol. The summed E-state index contributed by atoms with van der Waals surface area (Å²) in [5, 5.41) is 13.0. The number of aromatic nitrogens is 5. The summed E-state index contributed by atoms with van der Waals surface area (Å²) < 4.78 is 6.48. The lowest BCUT2D eigenvalue weighted by molar-refractivity contribution is 0.0600. The average molecular weight is 287 g/mol. The van der Waals surface area contributed by atoms with E-state index in [1.165, 1.54) is 7.11 Å². The largest absolute Gasteiger partial charge is 0.465 e. The lowest BCUT2D eigenvalue weighted by Gasteiger charge is -2.11. The first kappa shape index (κ1) is 13.1. The van der Waals surface area contributed by atoms with Crippen LogP contribution in [-0.2, 0) is 11.3 Å². The molecule has 0 spiro atoms. The third-order valence-electron chi connectivity index (χ3n) is 3.31. The molecular weight excluding hydrogens is 274 g/mol. The Morgan fingerprint density at radius 2 is 2.19 bits per heavy atom. The van der Waals surface area contributed by atoms with E-state index >= 15 is 0 Å².